The fourth-order valence-corrected chi connectivity index (χ4v) is 8.66. The van der Waals surface area contributed by atoms with Crippen LogP contribution in [0.3, 0.4) is 0 Å². The van der Waals surface area contributed by atoms with Gasteiger partial charge in [-0.3, -0.25) is 9.59 Å². The highest BCUT2D eigenvalue weighted by Gasteiger charge is 2.50. The summed E-state index contributed by atoms with van der Waals surface area (Å²) in [6.07, 6.45) is 8.26. The third kappa shape index (κ3) is 8.37. The summed E-state index contributed by atoms with van der Waals surface area (Å²) in [4.78, 5) is 55.1. The van der Waals surface area contributed by atoms with Gasteiger partial charge in [0.25, 0.3) is 0 Å². The number of aromatic amines is 1. The molecular weight excluding hydrogens is 622 g/mol. The molecule has 1 aromatic heterocycles. The van der Waals surface area contributed by atoms with Gasteiger partial charge in [0.1, 0.15) is 11.6 Å². The number of carbonyl (C=O) groups is 4. The predicted molar refractivity (Wildman–Crippen MR) is 187 cm³/mol. The van der Waals surface area contributed by atoms with Crippen molar-refractivity contribution in [3.8, 4) is 0 Å². The number of aryl methyl sites for hydroxylation is 1. The van der Waals surface area contributed by atoms with E-state index in [4.69, 9.17) is 4.74 Å². The number of amides is 4. The van der Waals surface area contributed by atoms with Gasteiger partial charge < -0.3 is 36.1 Å². The summed E-state index contributed by atoms with van der Waals surface area (Å²) in [5.74, 6) is 0.717. The van der Waals surface area contributed by atoms with Crippen LogP contribution >= 0.6 is 0 Å². The number of hydrogen-bond donors (Lipinski definition) is 6. The van der Waals surface area contributed by atoms with Crippen molar-refractivity contribution in [2.24, 2.45) is 23.7 Å². The smallest absolute Gasteiger partial charge is 0.408 e. The molecule has 3 aromatic rings. The van der Waals surface area contributed by atoms with Crippen molar-refractivity contribution >= 4 is 40.6 Å². The fourth-order valence-electron chi connectivity index (χ4n) is 8.66. The Morgan fingerprint density at radius 2 is 1.65 bits per heavy atom. The molecule has 262 valence electrons. The van der Waals surface area contributed by atoms with Crippen LogP contribution in [-0.2, 0) is 20.7 Å². The van der Waals surface area contributed by atoms with Gasteiger partial charge >= 0.3 is 18.1 Å². The van der Waals surface area contributed by atoms with Gasteiger partial charge in [-0.05, 0) is 112 Å². The topological polar surface area (TPSA) is 162 Å². The number of anilines is 1. The monoisotopic (exact) mass is 671 g/mol. The summed E-state index contributed by atoms with van der Waals surface area (Å²) >= 11 is 0. The van der Waals surface area contributed by atoms with Crippen molar-refractivity contribution in [2.45, 2.75) is 95.7 Å². The number of benzene rings is 2. The number of H-pyrrole nitrogens is 1. The van der Waals surface area contributed by atoms with Crippen LogP contribution in [-0.4, -0.2) is 58.3 Å². The zero-order valence-corrected chi connectivity index (χ0v) is 28.4. The van der Waals surface area contributed by atoms with Gasteiger partial charge in [0.2, 0.25) is 5.91 Å². The van der Waals surface area contributed by atoms with Gasteiger partial charge in [0.05, 0.1) is 6.42 Å². The molecule has 0 aliphatic heterocycles. The molecule has 0 spiro atoms. The maximum Gasteiger partial charge on any atom is 0.408 e. The lowest BCUT2D eigenvalue weighted by Gasteiger charge is -2.53. The van der Waals surface area contributed by atoms with Crippen LogP contribution in [0.1, 0.15) is 75.8 Å². The van der Waals surface area contributed by atoms with Gasteiger partial charge in [0.15, 0.2) is 0 Å². The van der Waals surface area contributed by atoms with Gasteiger partial charge in [-0.15, -0.1) is 0 Å². The van der Waals surface area contributed by atoms with Crippen molar-refractivity contribution < 1.29 is 29.0 Å². The Bertz CT molecular complexity index is 1640. The number of carboxylic acid groups (broad SMARTS) is 1. The number of ether oxygens (including phenoxy) is 1. The number of alkyl carbamates (subject to hydrolysis) is 1. The number of carbonyl (C=O) groups excluding carboxylic acids is 3. The van der Waals surface area contributed by atoms with E-state index in [9.17, 15) is 24.3 Å². The molecule has 11 nitrogen and oxygen atoms in total. The van der Waals surface area contributed by atoms with Crippen molar-refractivity contribution in [3.63, 3.8) is 0 Å². The first kappa shape index (κ1) is 34.3. The second-order valence-electron chi connectivity index (χ2n) is 14.8. The molecule has 4 fully saturated rings. The minimum absolute atomic E-state index is 0.139. The molecule has 4 aliphatic rings. The number of carboxylic acids is 1. The minimum Gasteiger partial charge on any atom is -0.481 e. The number of nitrogens with one attached hydrogen (secondary N) is 5. The molecule has 7 rings (SSSR count). The summed E-state index contributed by atoms with van der Waals surface area (Å²) in [5, 5.41) is 22.2. The fraction of sp³-hybridized carbons (Fsp3) is 0.526. The molecule has 1 unspecified atom stereocenters. The normalized spacial score (nSPS) is 24.1. The number of hydrogen-bond acceptors (Lipinski definition) is 5. The lowest BCUT2D eigenvalue weighted by Crippen LogP contribution is -2.61. The number of urea groups is 1. The first-order valence-corrected chi connectivity index (χ1v) is 17.7. The zero-order valence-electron chi connectivity index (χ0n) is 28.4. The van der Waals surface area contributed by atoms with E-state index in [1.165, 1.54) is 6.42 Å². The van der Waals surface area contributed by atoms with Crippen molar-refractivity contribution in [1.29, 1.82) is 0 Å². The van der Waals surface area contributed by atoms with E-state index in [0.717, 1.165) is 65.2 Å². The van der Waals surface area contributed by atoms with Crippen LogP contribution in [0.2, 0.25) is 0 Å². The molecule has 6 N–H and O–H groups in total. The molecule has 49 heavy (non-hydrogen) atoms. The SMILES string of the molecule is Cc1ccccc1NC(=O)NCCCCC(CC(=O)O)NC(=O)[C@@](C)(Cc1c[nH]c2ccccc12)NC(=O)OC1C2CC3CC(C2)CC1C3. The molecule has 2 aromatic carbocycles. The maximum atomic E-state index is 14.1. The second-order valence-corrected chi connectivity index (χ2v) is 14.8. The standard InChI is InChI=1S/C38H49N5O6/c1-23-9-3-5-12-31(23)42-36(47)39-14-8-7-10-29(20-33(44)45)41-35(46)38(2,21-28-22-40-32-13-6-4-11-30(28)32)43-37(48)49-34-26-16-24-15-25(18-26)19-27(34)17-24/h3-6,9,11-13,22,24-27,29,34,40H,7-8,10,14-21H2,1-2H3,(H,41,46)(H,43,48)(H,44,45)(H2,39,42,47)/t24?,25?,26?,27?,29?,34?,38-/m1/s1. The summed E-state index contributed by atoms with van der Waals surface area (Å²) in [7, 11) is 0. The summed E-state index contributed by atoms with van der Waals surface area (Å²) in [6.45, 7) is 3.98. The highest BCUT2D eigenvalue weighted by Crippen LogP contribution is 2.54. The quantitative estimate of drug-likeness (QED) is 0.111. The van der Waals surface area contributed by atoms with Gasteiger partial charge in [-0.2, -0.15) is 0 Å². The Balaban J connectivity index is 1.09. The van der Waals surface area contributed by atoms with E-state index in [0.29, 0.717) is 37.6 Å². The summed E-state index contributed by atoms with van der Waals surface area (Å²) in [6, 6.07) is 14.3. The predicted octanol–water partition coefficient (Wildman–Crippen LogP) is 6.28. The number of unbranched alkanes of at least 4 members (excludes halogenated alkanes) is 1. The lowest BCUT2D eigenvalue weighted by atomic mass is 9.55. The molecule has 4 saturated carbocycles. The van der Waals surface area contributed by atoms with Crippen molar-refractivity contribution in [2.75, 3.05) is 11.9 Å². The molecule has 1 heterocycles. The van der Waals surface area contributed by atoms with Crippen LogP contribution in [0.25, 0.3) is 10.9 Å². The molecule has 0 radical (unpaired) electrons. The van der Waals surface area contributed by atoms with E-state index in [2.05, 4.69) is 26.3 Å². The summed E-state index contributed by atoms with van der Waals surface area (Å²) < 4.78 is 6.13. The van der Waals surface area contributed by atoms with Crippen LogP contribution in [0.4, 0.5) is 15.3 Å². The number of para-hydroxylation sites is 2. The zero-order chi connectivity index (χ0) is 34.5. The molecule has 2 atom stereocenters. The molecule has 4 bridgehead atoms. The van der Waals surface area contributed by atoms with Gasteiger partial charge in [-0.1, -0.05) is 36.4 Å². The van der Waals surface area contributed by atoms with E-state index < -0.39 is 29.6 Å². The van der Waals surface area contributed by atoms with Gasteiger partial charge in [0, 0.05) is 41.8 Å². The van der Waals surface area contributed by atoms with E-state index in [1.54, 1.807) is 6.92 Å². The first-order valence-electron chi connectivity index (χ1n) is 17.7. The van der Waals surface area contributed by atoms with Gasteiger partial charge in [-0.25, -0.2) is 9.59 Å². The number of aromatic nitrogens is 1. The van der Waals surface area contributed by atoms with Crippen molar-refractivity contribution in [1.82, 2.24) is 20.9 Å². The number of aliphatic carboxylic acids is 1. The summed E-state index contributed by atoms with van der Waals surface area (Å²) in [5.41, 5.74) is 2.04. The number of rotatable bonds is 14. The maximum absolute atomic E-state index is 14.1. The molecular formula is C38H49N5O6. The Morgan fingerprint density at radius 1 is 0.959 bits per heavy atom. The average Bonchev–Trinajstić information content (AvgIpc) is 3.45. The lowest BCUT2D eigenvalue weighted by molar-refractivity contribution is -0.138. The highest BCUT2D eigenvalue weighted by molar-refractivity contribution is 5.92. The second kappa shape index (κ2) is 14.9. The van der Waals surface area contributed by atoms with Crippen LogP contribution in [0.5, 0.6) is 0 Å². The molecule has 4 amide bonds. The third-order valence-electron chi connectivity index (χ3n) is 10.9. The van der Waals surface area contributed by atoms with Crippen LogP contribution < -0.4 is 21.3 Å². The molecule has 4 aliphatic carbocycles. The highest BCUT2D eigenvalue weighted by atomic mass is 16.6. The Morgan fingerprint density at radius 3 is 2.37 bits per heavy atom. The minimum atomic E-state index is -1.42. The number of fused-ring (bicyclic) bond motifs is 1. The Labute approximate surface area is 287 Å². The van der Waals surface area contributed by atoms with Crippen LogP contribution in [0, 0.1) is 30.6 Å². The van der Waals surface area contributed by atoms with Crippen molar-refractivity contribution in [3.05, 3.63) is 65.9 Å². The Kier molecular flexibility index (Phi) is 10.5. The van der Waals surface area contributed by atoms with E-state index in [-0.39, 0.29) is 25.0 Å². The van der Waals surface area contributed by atoms with E-state index >= 15 is 0 Å². The largest absolute Gasteiger partial charge is 0.481 e. The van der Waals surface area contributed by atoms with Crippen LogP contribution in [0.15, 0.2) is 54.7 Å². The molecule has 11 heteroatoms. The Hall–Kier alpha value is -4.54. The average molecular weight is 672 g/mol. The van der Waals surface area contributed by atoms with E-state index in [1.807, 2.05) is 61.7 Å². The first-order chi connectivity index (χ1) is 23.6. The third-order valence-corrected chi connectivity index (χ3v) is 10.9. The molecule has 0 saturated heterocycles.